The highest BCUT2D eigenvalue weighted by atomic mass is 16.5. The van der Waals surface area contributed by atoms with Crippen molar-refractivity contribution in [3.63, 3.8) is 0 Å². The van der Waals surface area contributed by atoms with Gasteiger partial charge in [-0.2, -0.15) is 0 Å². The van der Waals surface area contributed by atoms with Crippen molar-refractivity contribution in [1.82, 2.24) is 4.90 Å². The second-order valence-electron chi connectivity index (χ2n) is 4.20. The van der Waals surface area contributed by atoms with Crippen molar-refractivity contribution >= 4 is 0 Å². The van der Waals surface area contributed by atoms with E-state index in [-0.39, 0.29) is 0 Å². The SMILES string of the molecule is CC.CCOC(C)C1CCCN1C(C)C. The van der Waals surface area contributed by atoms with Gasteiger partial charge in [0, 0.05) is 18.7 Å². The van der Waals surface area contributed by atoms with Gasteiger partial charge in [-0.15, -0.1) is 0 Å². The van der Waals surface area contributed by atoms with Crippen molar-refractivity contribution < 1.29 is 4.74 Å². The van der Waals surface area contributed by atoms with Gasteiger partial charge in [0.2, 0.25) is 0 Å². The summed E-state index contributed by atoms with van der Waals surface area (Å²) in [5, 5.41) is 0. The first-order valence-electron chi connectivity index (χ1n) is 6.54. The third kappa shape index (κ3) is 4.52. The first-order chi connectivity index (χ1) is 7.16. The molecule has 0 aromatic carbocycles. The first-order valence-corrected chi connectivity index (χ1v) is 6.54. The van der Waals surface area contributed by atoms with E-state index in [1.54, 1.807) is 0 Å². The molecule has 2 nitrogen and oxygen atoms in total. The van der Waals surface area contributed by atoms with Crippen LogP contribution in [0.25, 0.3) is 0 Å². The lowest BCUT2D eigenvalue weighted by Gasteiger charge is -2.32. The van der Waals surface area contributed by atoms with E-state index in [0.717, 1.165) is 6.61 Å². The van der Waals surface area contributed by atoms with E-state index < -0.39 is 0 Å². The zero-order chi connectivity index (χ0) is 11.8. The van der Waals surface area contributed by atoms with Crippen LogP contribution in [-0.2, 0) is 4.74 Å². The van der Waals surface area contributed by atoms with E-state index in [1.165, 1.54) is 19.4 Å². The second kappa shape index (κ2) is 8.12. The van der Waals surface area contributed by atoms with Crippen molar-refractivity contribution in [1.29, 1.82) is 0 Å². The van der Waals surface area contributed by atoms with Crippen LogP contribution in [0.15, 0.2) is 0 Å². The van der Waals surface area contributed by atoms with Gasteiger partial charge in [-0.3, -0.25) is 4.90 Å². The van der Waals surface area contributed by atoms with Gasteiger partial charge < -0.3 is 4.74 Å². The lowest BCUT2D eigenvalue weighted by molar-refractivity contribution is 0.00801. The van der Waals surface area contributed by atoms with Crippen LogP contribution in [0.3, 0.4) is 0 Å². The first kappa shape index (κ1) is 14.9. The molecule has 0 aromatic heterocycles. The molecule has 0 aliphatic carbocycles. The molecule has 0 bridgehead atoms. The van der Waals surface area contributed by atoms with Crippen molar-refractivity contribution in [2.24, 2.45) is 0 Å². The smallest absolute Gasteiger partial charge is 0.0702 e. The Morgan fingerprint density at radius 1 is 1.27 bits per heavy atom. The summed E-state index contributed by atoms with van der Waals surface area (Å²) in [6, 6.07) is 1.32. The van der Waals surface area contributed by atoms with E-state index in [9.17, 15) is 0 Å². The Hall–Kier alpha value is -0.0800. The quantitative estimate of drug-likeness (QED) is 0.713. The van der Waals surface area contributed by atoms with Crippen LogP contribution in [0, 0.1) is 0 Å². The van der Waals surface area contributed by atoms with Crippen LogP contribution < -0.4 is 0 Å². The lowest BCUT2D eigenvalue weighted by Crippen LogP contribution is -2.42. The Balaban J connectivity index is 0.000000921. The van der Waals surface area contributed by atoms with Gasteiger partial charge in [-0.1, -0.05) is 13.8 Å². The normalized spacial score (nSPS) is 23.8. The van der Waals surface area contributed by atoms with Crippen LogP contribution in [0.5, 0.6) is 0 Å². The maximum absolute atomic E-state index is 5.66. The highest BCUT2D eigenvalue weighted by Crippen LogP contribution is 2.23. The molecule has 1 rings (SSSR count). The lowest BCUT2D eigenvalue weighted by atomic mass is 10.1. The molecule has 0 amide bonds. The molecule has 1 aliphatic heterocycles. The number of ether oxygens (including phenoxy) is 1. The van der Waals surface area contributed by atoms with Crippen molar-refractivity contribution in [3.05, 3.63) is 0 Å². The summed E-state index contributed by atoms with van der Waals surface area (Å²) in [4.78, 5) is 2.57. The molecule has 1 heterocycles. The summed E-state index contributed by atoms with van der Waals surface area (Å²) in [5.74, 6) is 0. The number of hydrogen-bond acceptors (Lipinski definition) is 2. The van der Waals surface area contributed by atoms with Crippen LogP contribution in [0.4, 0.5) is 0 Å². The molecule has 0 radical (unpaired) electrons. The van der Waals surface area contributed by atoms with Gasteiger partial charge in [0.05, 0.1) is 6.10 Å². The van der Waals surface area contributed by atoms with E-state index in [2.05, 4.69) is 32.6 Å². The van der Waals surface area contributed by atoms with Crippen LogP contribution in [0.1, 0.15) is 54.4 Å². The second-order valence-corrected chi connectivity index (χ2v) is 4.20. The van der Waals surface area contributed by atoms with E-state index in [1.807, 2.05) is 13.8 Å². The van der Waals surface area contributed by atoms with Gasteiger partial charge in [-0.05, 0) is 47.1 Å². The highest BCUT2D eigenvalue weighted by Gasteiger charge is 2.30. The largest absolute Gasteiger partial charge is 0.377 e. The van der Waals surface area contributed by atoms with Gasteiger partial charge >= 0.3 is 0 Å². The van der Waals surface area contributed by atoms with E-state index >= 15 is 0 Å². The molecule has 2 atom stereocenters. The highest BCUT2D eigenvalue weighted by molar-refractivity contribution is 4.85. The number of hydrogen-bond donors (Lipinski definition) is 0. The topological polar surface area (TPSA) is 12.5 Å². The predicted molar refractivity (Wildman–Crippen MR) is 67.3 cm³/mol. The van der Waals surface area contributed by atoms with E-state index in [0.29, 0.717) is 18.2 Å². The monoisotopic (exact) mass is 215 g/mol. The Bertz CT molecular complexity index is 147. The van der Waals surface area contributed by atoms with Gasteiger partial charge in [0.15, 0.2) is 0 Å². The van der Waals surface area contributed by atoms with Gasteiger partial charge in [-0.25, -0.2) is 0 Å². The summed E-state index contributed by atoms with van der Waals surface area (Å²) in [6.07, 6.45) is 3.04. The summed E-state index contributed by atoms with van der Waals surface area (Å²) in [7, 11) is 0. The zero-order valence-electron chi connectivity index (χ0n) is 11.4. The standard InChI is InChI=1S/C11H23NO.C2H6/c1-5-13-10(4)11-7-6-8-12(11)9(2)3;1-2/h9-11H,5-8H2,1-4H3;1-2H3. The van der Waals surface area contributed by atoms with Crippen LogP contribution in [0.2, 0.25) is 0 Å². The molecule has 0 saturated carbocycles. The number of nitrogens with zero attached hydrogens (tertiary/aromatic N) is 1. The molecule has 0 spiro atoms. The molecular formula is C13H29NO. The molecule has 0 aromatic rings. The fourth-order valence-corrected chi connectivity index (χ4v) is 2.33. The van der Waals surface area contributed by atoms with E-state index in [4.69, 9.17) is 4.74 Å². The summed E-state index contributed by atoms with van der Waals surface area (Å²) in [5.41, 5.74) is 0. The minimum Gasteiger partial charge on any atom is -0.377 e. The van der Waals surface area contributed by atoms with Gasteiger partial charge in [0.1, 0.15) is 0 Å². The predicted octanol–water partition coefficient (Wildman–Crippen LogP) is 3.31. The molecule has 1 saturated heterocycles. The fourth-order valence-electron chi connectivity index (χ4n) is 2.33. The van der Waals surface area contributed by atoms with Crippen molar-refractivity contribution in [3.8, 4) is 0 Å². The van der Waals surface area contributed by atoms with Crippen LogP contribution in [-0.4, -0.2) is 36.2 Å². The van der Waals surface area contributed by atoms with Crippen molar-refractivity contribution in [2.45, 2.75) is 72.6 Å². The Morgan fingerprint density at radius 2 is 1.87 bits per heavy atom. The maximum atomic E-state index is 5.66. The zero-order valence-corrected chi connectivity index (χ0v) is 11.4. The minimum atomic E-state index is 0.398. The molecular weight excluding hydrogens is 186 g/mol. The summed E-state index contributed by atoms with van der Waals surface area (Å²) >= 11 is 0. The molecule has 0 N–H and O–H groups in total. The molecule has 1 aliphatic rings. The third-order valence-corrected chi connectivity index (χ3v) is 2.98. The van der Waals surface area contributed by atoms with Gasteiger partial charge in [0.25, 0.3) is 0 Å². The summed E-state index contributed by atoms with van der Waals surface area (Å²) in [6.45, 7) is 14.9. The Kier molecular flexibility index (Phi) is 8.07. The summed E-state index contributed by atoms with van der Waals surface area (Å²) < 4.78 is 5.66. The maximum Gasteiger partial charge on any atom is 0.0702 e. The molecule has 1 fully saturated rings. The molecule has 2 heteroatoms. The number of likely N-dealkylation sites (tertiary alicyclic amines) is 1. The van der Waals surface area contributed by atoms with Crippen LogP contribution >= 0.6 is 0 Å². The molecule has 92 valence electrons. The number of rotatable bonds is 4. The fraction of sp³-hybridized carbons (Fsp3) is 1.00. The minimum absolute atomic E-state index is 0.398. The molecule has 2 unspecified atom stereocenters. The third-order valence-electron chi connectivity index (χ3n) is 2.98. The molecule has 15 heavy (non-hydrogen) atoms. The Labute approximate surface area is 96.0 Å². The average molecular weight is 215 g/mol. The average Bonchev–Trinajstić information content (AvgIpc) is 2.69. The Morgan fingerprint density at radius 3 is 2.33 bits per heavy atom. The van der Waals surface area contributed by atoms with Crippen molar-refractivity contribution in [2.75, 3.05) is 13.2 Å².